The van der Waals surface area contributed by atoms with Gasteiger partial charge in [0.25, 0.3) is 0 Å². The van der Waals surface area contributed by atoms with Crippen LogP contribution in [0.5, 0.6) is 5.75 Å². The lowest BCUT2D eigenvalue weighted by molar-refractivity contribution is 0.0697. The Labute approximate surface area is 115 Å². The van der Waals surface area contributed by atoms with Gasteiger partial charge in [-0.2, -0.15) is 0 Å². The summed E-state index contributed by atoms with van der Waals surface area (Å²) in [6, 6.07) is 10.9. The van der Waals surface area contributed by atoms with E-state index in [9.17, 15) is 9.18 Å². The molecule has 2 N–H and O–H groups in total. The van der Waals surface area contributed by atoms with Crippen LogP contribution in [0.15, 0.2) is 42.5 Å². The number of carbonyl (C=O) groups is 1. The average Bonchev–Trinajstić information content (AvgIpc) is 2.43. The number of halogens is 1. The molecule has 104 valence electrons. The van der Waals surface area contributed by atoms with Gasteiger partial charge in [0.05, 0.1) is 23.5 Å². The Balaban J connectivity index is 2.42. The fourth-order valence-electron chi connectivity index (χ4n) is 1.82. The summed E-state index contributed by atoms with van der Waals surface area (Å²) < 4.78 is 19.3. The molecule has 20 heavy (non-hydrogen) atoms. The van der Waals surface area contributed by atoms with E-state index in [0.717, 1.165) is 0 Å². The first-order valence-electron chi connectivity index (χ1n) is 6.14. The highest BCUT2D eigenvalue weighted by Gasteiger charge is 2.15. The highest BCUT2D eigenvalue weighted by atomic mass is 19.1. The fraction of sp³-hybridized carbons (Fsp3) is 0.133. The second-order valence-electron chi connectivity index (χ2n) is 4.02. The van der Waals surface area contributed by atoms with Gasteiger partial charge in [-0.05, 0) is 31.2 Å². The van der Waals surface area contributed by atoms with Crippen molar-refractivity contribution >= 4 is 17.3 Å². The van der Waals surface area contributed by atoms with Crippen LogP contribution in [-0.2, 0) is 0 Å². The van der Waals surface area contributed by atoms with E-state index in [2.05, 4.69) is 5.32 Å². The van der Waals surface area contributed by atoms with E-state index < -0.39 is 11.8 Å². The lowest BCUT2D eigenvalue weighted by Crippen LogP contribution is -2.06. The molecule has 0 saturated heterocycles. The summed E-state index contributed by atoms with van der Waals surface area (Å²) >= 11 is 0. The van der Waals surface area contributed by atoms with Gasteiger partial charge in [-0.1, -0.05) is 18.2 Å². The van der Waals surface area contributed by atoms with Crippen LogP contribution in [0.2, 0.25) is 0 Å². The van der Waals surface area contributed by atoms with Gasteiger partial charge < -0.3 is 15.2 Å². The third-order valence-electron chi connectivity index (χ3n) is 2.69. The lowest BCUT2D eigenvalue weighted by atomic mass is 10.1. The SMILES string of the molecule is CCOc1ccccc1Nc1c(F)cccc1C(=O)O. The molecule has 0 heterocycles. The van der Waals surface area contributed by atoms with Crippen molar-refractivity contribution in [3.63, 3.8) is 0 Å². The van der Waals surface area contributed by atoms with Gasteiger partial charge in [0.1, 0.15) is 11.6 Å². The number of hydrogen-bond acceptors (Lipinski definition) is 3. The quantitative estimate of drug-likeness (QED) is 0.874. The third-order valence-corrected chi connectivity index (χ3v) is 2.69. The van der Waals surface area contributed by atoms with E-state index in [1.807, 2.05) is 6.92 Å². The highest BCUT2D eigenvalue weighted by molar-refractivity contribution is 5.95. The monoisotopic (exact) mass is 275 g/mol. The van der Waals surface area contributed by atoms with Crippen LogP contribution in [0.3, 0.4) is 0 Å². The van der Waals surface area contributed by atoms with E-state index in [1.54, 1.807) is 24.3 Å². The third kappa shape index (κ3) is 2.88. The molecule has 0 aromatic heterocycles. The van der Waals surface area contributed by atoms with Crippen LogP contribution >= 0.6 is 0 Å². The largest absolute Gasteiger partial charge is 0.492 e. The Bertz CT molecular complexity index is 628. The van der Waals surface area contributed by atoms with Crippen molar-refractivity contribution in [1.82, 2.24) is 0 Å². The van der Waals surface area contributed by atoms with Crippen LogP contribution < -0.4 is 10.1 Å². The lowest BCUT2D eigenvalue weighted by Gasteiger charge is -2.14. The zero-order chi connectivity index (χ0) is 14.5. The molecule has 0 aliphatic rings. The summed E-state index contributed by atoms with van der Waals surface area (Å²) in [7, 11) is 0. The number of rotatable bonds is 5. The summed E-state index contributed by atoms with van der Waals surface area (Å²) in [5.74, 6) is -1.29. The maximum absolute atomic E-state index is 13.8. The van der Waals surface area contributed by atoms with Crippen LogP contribution in [0.25, 0.3) is 0 Å². The van der Waals surface area contributed by atoms with Crippen molar-refractivity contribution in [2.75, 3.05) is 11.9 Å². The highest BCUT2D eigenvalue weighted by Crippen LogP contribution is 2.30. The molecule has 0 aliphatic carbocycles. The summed E-state index contributed by atoms with van der Waals surface area (Å²) in [5.41, 5.74) is 0.311. The Hall–Kier alpha value is -2.56. The maximum Gasteiger partial charge on any atom is 0.337 e. The molecule has 2 aromatic rings. The number of ether oxygens (including phenoxy) is 1. The van der Waals surface area contributed by atoms with Crippen molar-refractivity contribution < 1.29 is 19.0 Å². The molecular formula is C15H14FNO3. The molecule has 0 amide bonds. The minimum atomic E-state index is -1.19. The Morgan fingerprint density at radius 3 is 2.70 bits per heavy atom. The molecule has 0 unspecified atom stereocenters. The van der Waals surface area contributed by atoms with Crippen molar-refractivity contribution in [2.24, 2.45) is 0 Å². The number of aromatic carboxylic acids is 1. The summed E-state index contributed by atoms with van der Waals surface area (Å²) in [6.07, 6.45) is 0. The van der Waals surface area contributed by atoms with E-state index >= 15 is 0 Å². The van der Waals surface area contributed by atoms with Crippen molar-refractivity contribution in [2.45, 2.75) is 6.92 Å². The van der Waals surface area contributed by atoms with E-state index in [0.29, 0.717) is 18.0 Å². The topological polar surface area (TPSA) is 58.6 Å². The Kier molecular flexibility index (Phi) is 4.20. The molecule has 0 saturated carbocycles. The zero-order valence-corrected chi connectivity index (χ0v) is 10.9. The van der Waals surface area contributed by atoms with Gasteiger partial charge in [-0.25, -0.2) is 9.18 Å². The predicted molar refractivity (Wildman–Crippen MR) is 74.3 cm³/mol. The van der Waals surface area contributed by atoms with Crippen LogP contribution in [-0.4, -0.2) is 17.7 Å². The van der Waals surface area contributed by atoms with Crippen molar-refractivity contribution in [3.8, 4) is 5.75 Å². The van der Waals surface area contributed by atoms with Gasteiger partial charge >= 0.3 is 5.97 Å². The molecular weight excluding hydrogens is 261 g/mol. The summed E-state index contributed by atoms with van der Waals surface area (Å²) in [6.45, 7) is 2.30. The maximum atomic E-state index is 13.8. The second-order valence-corrected chi connectivity index (χ2v) is 4.02. The van der Waals surface area contributed by atoms with E-state index in [1.165, 1.54) is 18.2 Å². The van der Waals surface area contributed by atoms with Crippen LogP contribution in [0, 0.1) is 5.82 Å². The number of nitrogens with one attached hydrogen (secondary N) is 1. The number of carboxylic acids is 1. The molecule has 2 rings (SSSR count). The minimum absolute atomic E-state index is 0.0767. The molecule has 0 radical (unpaired) electrons. The average molecular weight is 275 g/mol. The van der Waals surface area contributed by atoms with Crippen molar-refractivity contribution in [1.29, 1.82) is 0 Å². The fourth-order valence-corrected chi connectivity index (χ4v) is 1.82. The molecule has 5 heteroatoms. The normalized spacial score (nSPS) is 10.1. The molecule has 0 spiro atoms. The first kappa shape index (κ1) is 13.9. The smallest absolute Gasteiger partial charge is 0.337 e. The Morgan fingerprint density at radius 1 is 1.25 bits per heavy atom. The standard InChI is InChI=1S/C15H14FNO3/c1-2-20-13-9-4-3-8-12(13)17-14-10(15(18)19)6-5-7-11(14)16/h3-9,17H,2H2,1H3,(H,18,19). The van der Waals surface area contributed by atoms with Gasteiger partial charge in [0, 0.05) is 0 Å². The first-order chi connectivity index (χ1) is 9.63. The van der Waals surface area contributed by atoms with E-state index in [-0.39, 0.29) is 11.3 Å². The first-order valence-corrected chi connectivity index (χ1v) is 6.14. The Morgan fingerprint density at radius 2 is 2.00 bits per heavy atom. The van der Waals surface area contributed by atoms with Gasteiger partial charge in [-0.15, -0.1) is 0 Å². The molecule has 0 aliphatic heterocycles. The molecule has 0 atom stereocenters. The predicted octanol–water partition coefficient (Wildman–Crippen LogP) is 3.67. The van der Waals surface area contributed by atoms with E-state index in [4.69, 9.17) is 9.84 Å². The van der Waals surface area contributed by atoms with Crippen molar-refractivity contribution in [3.05, 3.63) is 53.8 Å². The van der Waals surface area contributed by atoms with Gasteiger partial charge in [0.15, 0.2) is 0 Å². The number of anilines is 2. The molecule has 0 bridgehead atoms. The van der Waals surface area contributed by atoms with Gasteiger partial charge in [0.2, 0.25) is 0 Å². The molecule has 0 fully saturated rings. The second kappa shape index (κ2) is 6.06. The number of carboxylic acid groups (broad SMARTS) is 1. The minimum Gasteiger partial charge on any atom is -0.492 e. The molecule has 2 aromatic carbocycles. The number of hydrogen-bond donors (Lipinski definition) is 2. The summed E-state index contributed by atoms with van der Waals surface area (Å²) in [5, 5.41) is 11.9. The van der Waals surface area contributed by atoms with Gasteiger partial charge in [-0.3, -0.25) is 0 Å². The zero-order valence-electron chi connectivity index (χ0n) is 10.9. The number of para-hydroxylation sites is 3. The number of benzene rings is 2. The van der Waals surface area contributed by atoms with Crippen LogP contribution in [0.4, 0.5) is 15.8 Å². The van der Waals surface area contributed by atoms with Crippen LogP contribution in [0.1, 0.15) is 17.3 Å². The molecule has 4 nitrogen and oxygen atoms in total. The summed E-state index contributed by atoms with van der Waals surface area (Å²) in [4.78, 5) is 11.1.